The Labute approximate surface area is 102 Å². The van der Waals surface area contributed by atoms with Crippen LogP contribution in [0.15, 0.2) is 0 Å². The molecule has 1 aliphatic carbocycles. The first-order valence-electron chi connectivity index (χ1n) is 7.13. The van der Waals surface area contributed by atoms with Gasteiger partial charge in [0.1, 0.15) is 0 Å². The van der Waals surface area contributed by atoms with E-state index in [1.165, 1.54) is 25.7 Å². The second-order valence-electron chi connectivity index (χ2n) is 6.75. The smallest absolute Gasteiger partial charge is 0.0650 e. The van der Waals surface area contributed by atoms with Crippen LogP contribution in [0.3, 0.4) is 0 Å². The van der Waals surface area contributed by atoms with Gasteiger partial charge in [-0.3, -0.25) is 0 Å². The molecule has 0 bridgehead atoms. The predicted octanol–water partition coefficient (Wildman–Crippen LogP) is 4.39. The fourth-order valence-electron chi connectivity index (χ4n) is 3.11. The Kier molecular flexibility index (Phi) is 5.30. The molecule has 1 N–H and O–H groups in total. The maximum absolute atomic E-state index is 10.6. The first-order valence-corrected chi connectivity index (χ1v) is 7.13. The van der Waals surface area contributed by atoms with E-state index in [2.05, 4.69) is 27.7 Å². The normalized spacial score (nSPS) is 31.3. The van der Waals surface area contributed by atoms with Crippen molar-refractivity contribution in [2.24, 2.45) is 17.8 Å². The van der Waals surface area contributed by atoms with E-state index >= 15 is 0 Å². The number of hydrogen-bond donors (Lipinski definition) is 1. The minimum absolute atomic E-state index is 0.331. The molecule has 1 nitrogen and oxygen atoms in total. The van der Waals surface area contributed by atoms with E-state index in [4.69, 9.17) is 0 Å². The molecule has 1 heteroatoms. The molecule has 0 radical (unpaired) electrons. The van der Waals surface area contributed by atoms with Gasteiger partial charge in [-0.2, -0.15) is 0 Å². The molecule has 0 aromatic heterocycles. The summed E-state index contributed by atoms with van der Waals surface area (Å²) in [4.78, 5) is 0. The van der Waals surface area contributed by atoms with E-state index < -0.39 is 0 Å². The summed E-state index contributed by atoms with van der Waals surface area (Å²) in [5.41, 5.74) is -0.331. The van der Waals surface area contributed by atoms with E-state index in [-0.39, 0.29) is 5.60 Å². The van der Waals surface area contributed by atoms with E-state index in [9.17, 15) is 5.11 Å². The molecule has 1 rings (SSSR count). The molecule has 2 atom stereocenters. The van der Waals surface area contributed by atoms with Crippen LogP contribution < -0.4 is 0 Å². The molecule has 1 aliphatic rings. The zero-order chi connectivity index (χ0) is 12.2. The zero-order valence-corrected chi connectivity index (χ0v) is 11.6. The first kappa shape index (κ1) is 14.0. The van der Waals surface area contributed by atoms with Gasteiger partial charge in [0, 0.05) is 0 Å². The lowest BCUT2D eigenvalue weighted by atomic mass is 9.73. The standard InChI is InChI=1S/C15H30O/c1-12(2)7-9-15(16)8-5-6-14(11-15)10-13(3)4/h12-14,16H,5-11H2,1-4H3. The van der Waals surface area contributed by atoms with Gasteiger partial charge in [0.05, 0.1) is 5.60 Å². The van der Waals surface area contributed by atoms with Crippen molar-refractivity contribution in [1.29, 1.82) is 0 Å². The summed E-state index contributed by atoms with van der Waals surface area (Å²) < 4.78 is 0. The fourth-order valence-corrected chi connectivity index (χ4v) is 3.11. The first-order chi connectivity index (χ1) is 7.41. The second-order valence-corrected chi connectivity index (χ2v) is 6.75. The third kappa shape index (κ3) is 4.86. The van der Waals surface area contributed by atoms with Crippen molar-refractivity contribution in [3.63, 3.8) is 0 Å². The van der Waals surface area contributed by atoms with Gasteiger partial charge in [-0.1, -0.05) is 40.5 Å². The van der Waals surface area contributed by atoms with E-state index in [0.29, 0.717) is 0 Å². The Bertz CT molecular complexity index is 198. The van der Waals surface area contributed by atoms with Crippen LogP contribution in [0, 0.1) is 17.8 Å². The molecule has 0 amide bonds. The van der Waals surface area contributed by atoms with Crippen LogP contribution in [0.2, 0.25) is 0 Å². The predicted molar refractivity (Wildman–Crippen MR) is 70.4 cm³/mol. The fraction of sp³-hybridized carbons (Fsp3) is 1.00. The van der Waals surface area contributed by atoms with Gasteiger partial charge in [0.15, 0.2) is 0 Å². The summed E-state index contributed by atoms with van der Waals surface area (Å²) in [7, 11) is 0. The highest BCUT2D eigenvalue weighted by Crippen LogP contribution is 2.38. The Balaban J connectivity index is 2.41. The lowest BCUT2D eigenvalue weighted by Crippen LogP contribution is -2.35. The van der Waals surface area contributed by atoms with Crippen LogP contribution in [0.1, 0.15) is 72.6 Å². The highest BCUT2D eigenvalue weighted by atomic mass is 16.3. The van der Waals surface area contributed by atoms with Crippen LogP contribution >= 0.6 is 0 Å². The molecular weight excluding hydrogens is 196 g/mol. The minimum Gasteiger partial charge on any atom is -0.390 e. The van der Waals surface area contributed by atoms with Gasteiger partial charge < -0.3 is 5.11 Å². The van der Waals surface area contributed by atoms with Gasteiger partial charge in [0.2, 0.25) is 0 Å². The van der Waals surface area contributed by atoms with Crippen molar-refractivity contribution < 1.29 is 5.11 Å². The quantitative estimate of drug-likeness (QED) is 0.737. The van der Waals surface area contributed by atoms with Crippen molar-refractivity contribution >= 4 is 0 Å². The highest BCUT2D eigenvalue weighted by molar-refractivity contribution is 4.86. The molecule has 16 heavy (non-hydrogen) atoms. The molecule has 96 valence electrons. The Morgan fingerprint density at radius 1 is 1.19 bits per heavy atom. The molecule has 0 heterocycles. The van der Waals surface area contributed by atoms with Crippen LogP contribution in [-0.2, 0) is 0 Å². The second kappa shape index (κ2) is 6.05. The van der Waals surface area contributed by atoms with Gasteiger partial charge >= 0.3 is 0 Å². The number of hydrogen-bond acceptors (Lipinski definition) is 1. The van der Waals surface area contributed by atoms with Crippen molar-refractivity contribution in [1.82, 2.24) is 0 Å². The minimum atomic E-state index is -0.331. The summed E-state index contributed by atoms with van der Waals surface area (Å²) in [6.07, 6.45) is 8.13. The van der Waals surface area contributed by atoms with E-state index in [1.807, 2.05) is 0 Å². The largest absolute Gasteiger partial charge is 0.390 e. The van der Waals surface area contributed by atoms with Gasteiger partial charge in [-0.15, -0.1) is 0 Å². The van der Waals surface area contributed by atoms with Crippen molar-refractivity contribution in [2.45, 2.75) is 78.2 Å². The summed E-state index contributed by atoms with van der Waals surface area (Å²) in [6, 6.07) is 0. The van der Waals surface area contributed by atoms with Gasteiger partial charge in [0.25, 0.3) is 0 Å². The summed E-state index contributed by atoms with van der Waals surface area (Å²) in [6.45, 7) is 9.08. The van der Waals surface area contributed by atoms with Crippen LogP contribution in [0.25, 0.3) is 0 Å². The lowest BCUT2D eigenvalue weighted by Gasteiger charge is -2.38. The number of aliphatic hydroxyl groups is 1. The summed E-state index contributed by atoms with van der Waals surface area (Å²) >= 11 is 0. The molecule has 1 saturated carbocycles. The summed E-state index contributed by atoms with van der Waals surface area (Å²) in [5, 5.41) is 10.6. The Hall–Kier alpha value is -0.0400. The lowest BCUT2D eigenvalue weighted by molar-refractivity contribution is -0.0299. The highest BCUT2D eigenvalue weighted by Gasteiger charge is 2.33. The molecular formula is C15H30O. The SMILES string of the molecule is CC(C)CCC1(O)CCCC(CC(C)C)C1. The molecule has 0 aliphatic heterocycles. The van der Waals surface area contributed by atoms with E-state index in [1.54, 1.807) is 0 Å². The van der Waals surface area contributed by atoms with E-state index in [0.717, 1.165) is 37.0 Å². The Morgan fingerprint density at radius 2 is 1.88 bits per heavy atom. The molecule has 2 unspecified atom stereocenters. The number of rotatable bonds is 5. The maximum atomic E-state index is 10.6. The molecule has 0 aromatic carbocycles. The third-order valence-corrected chi connectivity index (χ3v) is 3.91. The Morgan fingerprint density at radius 3 is 2.44 bits per heavy atom. The van der Waals surface area contributed by atoms with Crippen molar-refractivity contribution in [3.8, 4) is 0 Å². The molecule has 0 aromatic rings. The maximum Gasteiger partial charge on any atom is 0.0650 e. The average molecular weight is 226 g/mol. The van der Waals surface area contributed by atoms with Crippen LogP contribution in [0.4, 0.5) is 0 Å². The molecule has 1 fully saturated rings. The summed E-state index contributed by atoms with van der Waals surface area (Å²) in [5.74, 6) is 2.26. The molecule has 0 saturated heterocycles. The van der Waals surface area contributed by atoms with Crippen LogP contribution in [-0.4, -0.2) is 10.7 Å². The average Bonchev–Trinajstić information content (AvgIpc) is 2.14. The topological polar surface area (TPSA) is 20.2 Å². The molecule has 0 spiro atoms. The van der Waals surface area contributed by atoms with Crippen LogP contribution in [0.5, 0.6) is 0 Å². The monoisotopic (exact) mass is 226 g/mol. The van der Waals surface area contributed by atoms with Crippen molar-refractivity contribution in [3.05, 3.63) is 0 Å². The zero-order valence-electron chi connectivity index (χ0n) is 11.6. The van der Waals surface area contributed by atoms with Gasteiger partial charge in [-0.25, -0.2) is 0 Å². The van der Waals surface area contributed by atoms with Crippen molar-refractivity contribution in [2.75, 3.05) is 0 Å². The third-order valence-electron chi connectivity index (χ3n) is 3.91. The van der Waals surface area contributed by atoms with Gasteiger partial charge in [-0.05, 0) is 49.9 Å².